The van der Waals surface area contributed by atoms with Crippen LogP contribution in [0.15, 0.2) is 0 Å². The highest BCUT2D eigenvalue weighted by molar-refractivity contribution is 4.68. The van der Waals surface area contributed by atoms with Crippen molar-refractivity contribution in [3.8, 4) is 6.07 Å². The molecule has 0 aliphatic carbocycles. The molecule has 0 bridgehead atoms. The third-order valence-corrected chi connectivity index (χ3v) is 1.67. The Balaban J connectivity index is 1.90. The molecule has 0 radical (unpaired) electrons. The highest BCUT2D eigenvalue weighted by atomic mass is 16.5. The van der Waals surface area contributed by atoms with Crippen LogP contribution in [0.1, 0.15) is 19.3 Å². The van der Waals surface area contributed by atoms with Crippen LogP contribution in [-0.2, 0) is 9.47 Å². The van der Waals surface area contributed by atoms with Gasteiger partial charge in [0.1, 0.15) is 0 Å². The molecule has 1 heterocycles. The van der Waals surface area contributed by atoms with Crippen molar-refractivity contribution in [2.45, 2.75) is 25.4 Å². The molecule has 62 valence electrons. The molecule has 1 fully saturated rings. The van der Waals surface area contributed by atoms with Gasteiger partial charge in [0.05, 0.1) is 18.8 Å². The predicted molar refractivity (Wildman–Crippen MR) is 40.0 cm³/mol. The molecule has 0 aromatic rings. The Morgan fingerprint density at radius 2 is 2.55 bits per heavy atom. The van der Waals surface area contributed by atoms with Crippen LogP contribution < -0.4 is 0 Å². The minimum absolute atomic E-state index is 0.286. The van der Waals surface area contributed by atoms with Crippen molar-refractivity contribution < 1.29 is 9.47 Å². The molecule has 0 aromatic heterocycles. The van der Waals surface area contributed by atoms with Gasteiger partial charge in [-0.2, -0.15) is 5.26 Å². The van der Waals surface area contributed by atoms with Gasteiger partial charge in [-0.1, -0.05) is 0 Å². The van der Waals surface area contributed by atoms with E-state index in [1.807, 2.05) is 0 Å². The van der Waals surface area contributed by atoms with Gasteiger partial charge >= 0.3 is 0 Å². The fourth-order valence-corrected chi connectivity index (χ4v) is 1.05. The van der Waals surface area contributed by atoms with E-state index in [0.717, 1.165) is 26.1 Å². The molecule has 1 aliphatic heterocycles. The first-order valence-electron chi connectivity index (χ1n) is 4.00. The summed E-state index contributed by atoms with van der Waals surface area (Å²) < 4.78 is 10.6. The Bertz CT molecular complexity index is 136. The third kappa shape index (κ3) is 3.35. The Morgan fingerprint density at radius 1 is 1.64 bits per heavy atom. The molecule has 0 aromatic carbocycles. The lowest BCUT2D eigenvalue weighted by Gasteiger charge is -2.07. The van der Waals surface area contributed by atoms with Crippen LogP contribution >= 0.6 is 0 Å². The van der Waals surface area contributed by atoms with Gasteiger partial charge in [0.2, 0.25) is 0 Å². The van der Waals surface area contributed by atoms with E-state index in [2.05, 4.69) is 6.07 Å². The molecule has 1 atom stereocenters. The molecular weight excluding hydrogens is 142 g/mol. The number of hydrogen-bond donors (Lipinski definition) is 0. The highest BCUT2D eigenvalue weighted by Crippen LogP contribution is 2.08. The van der Waals surface area contributed by atoms with Crippen molar-refractivity contribution in [3.63, 3.8) is 0 Å². The van der Waals surface area contributed by atoms with E-state index >= 15 is 0 Å². The first-order valence-corrected chi connectivity index (χ1v) is 4.00. The van der Waals surface area contributed by atoms with E-state index < -0.39 is 0 Å². The summed E-state index contributed by atoms with van der Waals surface area (Å²) in [5.74, 6) is 0. The smallest absolute Gasteiger partial charge is 0.0830 e. The quantitative estimate of drug-likeness (QED) is 0.571. The van der Waals surface area contributed by atoms with Crippen molar-refractivity contribution in [1.29, 1.82) is 5.26 Å². The fourth-order valence-electron chi connectivity index (χ4n) is 1.05. The van der Waals surface area contributed by atoms with Crippen molar-refractivity contribution in [2.24, 2.45) is 0 Å². The summed E-state index contributed by atoms with van der Waals surface area (Å²) in [6.45, 7) is 2.25. The Hall–Kier alpha value is -0.590. The van der Waals surface area contributed by atoms with E-state index in [1.54, 1.807) is 0 Å². The van der Waals surface area contributed by atoms with Crippen LogP contribution in [0.4, 0.5) is 0 Å². The van der Waals surface area contributed by atoms with Crippen LogP contribution in [-0.4, -0.2) is 25.9 Å². The number of rotatable bonds is 4. The number of unbranched alkanes of at least 4 members (excludes halogenated alkanes) is 1. The molecule has 1 saturated heterocycles. The van der Waals surface area contributed by atoms with Crippen molar-refractivity contribution in [3.05, 3.63) is 0 Å². The molecular formula is C8H13NO2. The Labute approximate surface area is 66.9 Å². The maximum atomic E-state index is 8.23. The first kappa shape index (κ1) is 8.51. The van der Waals surface area contributed by atoms with Crippen molar-refractivity contribution in [1.82, 2.24) is 0 Å². The third-order valence-electron chi connectivity index (χ3n) is 1.67. The molecule has 0 spiro atoms. The maximum absolute atomic E-state index is 8.23. The zero-order valence-electron chi connectivity index (χ0n) is 6.58. The molecule has 1 rings (SSSR count). The van der Waals surface area contributed by atoms with Crippen LogP contribution in [0, 0.1) is 11.3 Å². The molecule has 3 heteroatoms. The second kappa shape index (κ2) is 5.11. The van der Waals surface area contributed by atoms with Gasteiger partial charge in [-0.15, -0.1) is 0 Å². The fraction of sp³-hybridized carbons (Fsp3) is 0.875. The zero-order chi connectivity index (χ0) is 7.94. The normalized spacial score (nSPS) is 23.4. The molecule has 0 saturated carbocycles. The second-order valence-corrected chi connectivity index (χ2v) is 2.62. The monoisotopic (exact) mass is 155 g/mol. The Morgan fingerprint density at radius 3 is 3.18 bits per heavy atom. The number of nitrogens with zero attached hydrogens (tertiary/aromatic N) is 1. The summed E-state index contributed by atoms with van der Waals surface area (Å²) >= 11 is 0. The molecule has 1 aliphatic rings. The first-order chi connectivity index (χ1) is 5.43. The van der Waals surface area contributed by atoms with Crippen molar-refractivity contribution >= 4 is 0 Å². The topological polar surface area (TPSA) is 42.2 Å². The van der Waals surface area contributed by atoms with Gasteiger partial charge in [-0.05, 0) is 12.8 Å². The maximum Gasteiger partial charge on any atom is 0.0830 e. The second-order valence-electron chi connectivity index (χ2n) is 2.62. The summed E-state index contributed by atoms with van der Waals surface area (Å²) in [7, 11) is 0. The zero-order valence-corrected chi connectivity index (χ0v) is 6.58. The number of nitriles is 1. The Kier molecular flexibility index (Phi) is 3.95. The molecule has 0 N–H and O–H groups in total. The van der Waals surface area contributed by atoms with Gasteiger partial charge in [-0.3, -0.25) is 0 Å². The predicted octanol–water partition coefficient (Wildman–Crippen LogP) is 1.10. The van der Waals surface area contributed by atoms with Crippen LogP contribution in [0.2, 0.25) is 0 Å². The van der Waals surface area contributed by atoms with E-state index in [0.29, 0.717) is 13.0 Å². The largest absolute Gasteiger partial charge is 0.379 e. The molecule has 3 nitrogen and oxygen atoms in total. The average Bonchev–Trinajstić information content (AvgIpc) is 2.50. The van der Waals surface area contributed by atoms with Gasteiger partial charge < -0.3 is 9.47 Å². The van der Waals surface area contributed by atoms with Crippen LogP contribution in [0.3, 0.4) is 0 Å². The molecule has 1 unspecified atom stereocenters. The lowest BCUT2D eigenvalue weighted by Crippen LogP contribution is -2.12. The van der Waals surface area contributed by atoms with E-state index in [1.165, 1.54) is 0 Å². The SMILES string of the molecule is N#CCCCOC1CCOC1. The lowest BCUT2D eigenvalue weighted by molar-refractivity contribution is 0.0420. The van der Waals surface area contributed by atoms with Crippen molar-refractivity contribution in [2.75, 3.05) is 19.8 Å². The van der Waals surface area contributed by atoms with Gasteiger partial charge in [0.15, 0.2) is 0 Å². The van der Waals surface area contributed by atoms with Crippen LogP contribution in [0.25, 0.3) is 0 Å². The van der Waals surface area contributed by atoms with E-state index in [4.69, 9.17) is 14.7 Å². The van der Waals surface area contributed by atoms with Crippen LogP contribution in [0.5, 0.6) is 0 Å². The summed E-state index contributed by atoms with van der Waals surface area (Å²) in [4.78, 5) is 0. The highest BCUT2D eigenvalue weighted by Gasteiger charge is 2.14. The summed E-state index contributed by atoms with van der Waals surface area (Å²) in [6, 6.07) is 2.08. The van der Waals surface area contributed by atoms with Gasteiger partial charge in [-0.25, -0.2) is 0 Å². The summed E-state index contributed by atoms with van der Waals surface area (Å²) in [5.41, 5.74) is 0. The average molecular weight is 155 g/mol. The standard InChI is InChI=1S/C8H13NO2/c9-4-1-2-5-11-8-3-6-10-7-8/h8H,1-3,5-7H2. The van der Waals surface area contributed by atoms with Gasteiger partial charge in [0, 0.05) is 19.6 Å². The van der Waals surface area contributed by atoms with Gasteiger partial charge in [0.25, 0.3) is 0 Å². The summed E-state index contributed by atoms with van der Waals surface area (Å²) in [6.07, 6.45) is 2.72. The molecule has 0 amide bonds. The molecule has 11 heavy (non-hydrogen) atoms. The van der Waals surface area contributed by atoms with E-state index in [9.17, 15) is 0 Å². The number of ether oxygens (including phenoxy) is 2. The number of hydrogen-bond acceptors (Lipinski definition) is 3. The van der Waals surface area contributed by atoms with E-state index in [-0.39, 0.29) is 6.10 Å². The summed E-state index contributed by atoms with van der Waals surface area (Å²) in [5, 5.41) is 8.23. The minimum atomic E-state index is 0.286. The lowest BCUT2D eigenvalue weighted by atomic mass is 10.3. The minimum Gasteiger partial charge on any atom is -0.379 e.